The Hall–Kier alpha value is -0.340. The van der Waals surface area contributed by atoms with E-state index in [2.05, 4.69) is 38.2 Å². The van der Waals surface area contributed by atoms with Crippen molar-refractivity contribution in [2.45, 2.75) is 52.5 Å². The maximum absolute atomic E-state index is 3.71. The summed E-state index contributed by atoms with van der Waals surface area (Å²) in [6.45, 7) is 7.92. The van der Waals surface area contributed by atoms with Gasteiger partial charge in [-0.05, 0) is 50.3 Å². The third-order valence-corrected chi connectivity index (χ3v) is 5.02. The summed E-state index contributed by atoms with van der Waals surface area (Å²) in [7, 11) is 0. The minimum atomic E-state index is 0.599. The SMILES string of the molecule is CCNC(c1ccc(C)s1)C1CCCC(C)C1. The minimum absolute atomic E-state index is 0.599. The van der Waals surface area contributed by atoms with Gasteiger partial charge in [-0.3, -0.25) is 0 Å². The number of nitrogens with one attached hydrogen (secondary N) is 1. The molecule has 96 valence electrons. The Morgan fingerprint density at radius 3 is 2.82 bits per heavy atom. The Kier molecular flexibility index (Phi) is 4.63. The van der Waals surface area contributed by atoms with Crippen LogP contribution in [0.25, 0.3) is 0 Å². The standard InChI is InChI=1S/C15H25NS/c1-4-16-15(14-9-8-12(3)17-14)13-7-5-6-11(2)10-13/h8-9,11,13,15-16H,4-7,10H2,1-3H3. The van der Waals surface area contributed by atoms with Crippen LogP contribution in [-0.2, 0) is 0 Å². The molecule has 3 atom stereocenters. The van der Waals surface area contributed by atoms with E-state index in [1.165, 1.54) is 30.6 Å². The predicted molar refractivity (Wildman–Crippen MR) is 76.6 cm³/mol. The molecule has 1 nitrogen and oxygen atoms in total. The Bertz CT molecular complexity index is 344. The summed E-state index contributed by atoms with van der Waals surface area (Å²) in [5.41, 5.74) is 0. The first-order valence-corrected chi connectivity index (χ1v) is 7.82. The molecule has 17 heavy (non-hydrogen) atoms. The van der Waals surface area contributed by atoms with Crippen molar-refractivity contribution in [1.29, 1.82) is 0 Å². The lowest BCUT2D eigenvalue weighted by atomic mass is 9.78. The van der Waals surface area contributed by atoms with Crippen LogP contribution in [0, 0.1) is 18.8 Å². The molecule has 3 unspecified atom stereocenters. The first-order chi connectivity index (χ1) is 8.20. The van der Waals surface area contributed by atoms with Crippen molar-refractivity contribution in [3.63, 3.8) is 0 Å². The second-order valence-corrected chi connectivity index (χ2v) is 6.84. The molecule has 0 spiro atoms. The van der Waals surface area contributed by atoms with Gasteiger partial charge in [-0.2, -0.15) is 0 Å². The molecule has 1 heterocycles. The highest BCUT2D eigenvalue weighted by molar-refractivity contribution is 7.12. The molecule has 0 aromatic carbocycles. The highest BCUT2D eigenvalue weighted by atomic mass is 32.1. The number of rotatable bonds is 4. The largest absolute Gasteiger partial charge is 0.309 e. The summed E-state index contributed by atoms with van der Waals surface area (Å²) in [4.78, 5) is 2.98. The van der Waals surface area contributed by atoms with Crippen LogP contribution < -0.4 is 5.32 Å². The Morgan fingerprint density at radius 2 is 2.24 bits per heavy atom. The van der Waals surface area contributed by atoms with Crippen LogP contribution in [0.3, 0.4) is 0 Å². The zero-order valence-corrected chi connectivity index (χ0v) is 12.1. The van der Waals surface area contributed by atoms with Gasteiger partial charge in [-0.15, -0.1) is 11.3 Å². The fraction of sp³-hybridized carbons (Fsp3) is 0.733. The lowest BCUT2D eigenvalue weighted by molar-refractivity contribution is 0.227. The van der Waals surface area contributed by atoms with Crippen molar-refractivity contribution < 1.29 is 0 Å². The lowest BCUT2D eigenvalue weighted by Crippen LogP contribution is -2.30. The highest BCUT2D eigenvalue weighted by Gasteiger charge is 2.27. The molecule has 2 rings (SSSR count). The van der Waals surface area contributed by atoms with E-state index in [-0.39, 0.29) is 0 Å². The third kappa shape index (κ3) is 3.32. The van der Waals surface area contributed by atoms with Gasteiger partial charge in [0.05, 0.1) is 0 Å². The van der Waals surface area contributed by atoms with Gasteiger partial charge in [0, 0.05) is 15.8 Å². The molecule has 1 aliphatic carbocycles. The van der Waals surface area contributed by atoms with Crippen LogP contribution in [0.15, 0.2) is 12.1 Å². The van der Waals surface area contributed by atoms with E-state index < -0.39 is 0 Å². The van der Waals surface area contributed by atoms with E-state index in [9.17, 15) is 0 Å². The molecule has 0 saturated heterocycles. The second kappa shape index (κ2) is 6.01. The fourth-order valence-corrected chi connectivity index (χ4v) is 4.17. The van der Waals surface area contributed by atoms with Crippen LogP contribution in [0.2, 0.25) is 0 Å². The second-order valence-electron chi connectivity index (χ2n) is 5.52. The van der Waals surface area contributed by atoms with Gasteiger partial charge in [0.15, 0.2) is 0 Å². The number of thiophene rings is 1. The van der Waals surface area contributed by atoms with Crippen molar-refractivity contribution in [2.24, 2.45) is 11.8 Å². The van der Waals surface area contributed by atoms with E-state index >= 15 is 0 Å². The van der Waals surface area contributed by atoms with Crippen molar-refractivity contribution in [3.8, 4) is 0 Å². The normalized spacial score (nSPS) is 27.0. The van der Waals surface area contributed by atoms with E-state index in [4.69, 9.17) is 0 Å². The van der Waals surface area contributed by atoms with Gasteiger partial charge in [0.25, 0.3) is 0 Å². The molecule has 2 heteroatoms. The van der Waals surface area contributed by atoms with Crippen LogP contribution in [0.4, 0.5) is 0 Å². The number of hydrogen-bond acceptors (Lipinski definition) is 2. The van der Waals surface area contributed by atoms with Crippen molar-refractivity contribution >= 4 is 11.3 Å². The van der Waals surface area contributed by atoms with Gasteiger partial charge in [-0.25, -0.2) is 0 Å². The monoisotopic (exact) mass is 251 g/mol. The maximum atomic E-state index is 3.71. The summed E-state index contributed by atoms with van der Waals surface area (Å²) >= 11 is 1.97. The van der Waals surface area contributed by atoms with E-state index in [0.29, 0.717) is 6.04 Å². The lowest BCUT2D eigenvalue weighted by Gasteiger charge is -2.33. The van der Waals surface area contributed by atoms with Crippen LogP contribution in [0.1, 0.15) is 55.3 Å². The van der Waals surface area contributed by atoms with Crippen molar-refractivity contribution in [3.05, 3.63) is 21.9 Å². The molecule has 1 aromatic heterocycles. The quantitative estimate of drug-likeness (QED) is 0.829. The Morgan fingerprint density at radius 1 is 1.41 bits per heavy atom. The Labute approximate surface area is 110 Å². The van der Waals surface area contributed by atoms with Crippen molar-refractivity contribution in [2.75, 3.05) is 6.54 Å². The van der Waals surface area contributed by atoms with Gasteiger partial charge in [0.1, 0.15) is 0 Å². The first kappa shape index (κ1) is 13.1. The summed E-state index contributed by atoms with van der Waals surface area (Å²) < 4.78 is 0. The topological polar surface area (TPSA) is 12.0 Å². The van der Waals surface area contributed by atoms with Gasteiger partial charge >= 0.3 is 0 Å². The van der Waals surface area contributed by atoms with E-state index in [1.54, 1.807) is 4.88 Å². The van der Waals surface area contributed by atoms with Crippen LogP contribution >= 0.6 is 11.3 Å². The highest BCUT2D eigenvalue weighted by Crippen LogP contribution is 2.39. The molecule has 1 saturated carbocycles. The molecule has 0 bridgehead atoms. The summed E-state index contributed by atoms with van der Waals surface area (Å²) in [6, 6.07) is 5.19. The van der Waals surface area contributed by atoms with Gasteiger partial charge < -0.3 is 5.32 Å². The first-order valence-electron chi connectivity index (χ1n) is 7.00. The molecular weight excluding hydrogens is 226 g/mol. The maximum Gasteiger partial charge on any atom is 0.0443 e. The summed E-state index contributed by atoms with van der Waals surface area (Å²) in [6.07, 6.45) is 5.64. The van der Waals surface area contributed by atoms with Gasteiger partial charge in [0.2, 0.25) is 0 Å². The molecule has 1 aliphatic rings. The molecule has 0 radical (unpaired) electrons. The summed E-state index contributed by atoms with van der Waals surface area (Å²) in [5, 5.41) is 3.71. The molecule has 0 aliphatic heterocycles. The molecule has 1 aromatic rings. The molecule has 1 N–H and O–H groups in total. The zero-order chi connectivity index (χ0) is 12.3. The number of aryl methyl sites for hydroxylation is 1. The average molecular weight is 251 g/mol. The zero-order valence-electron chi connectivity index (χ0n) is 11.3. The van der Waals surface area contributed by atoms with Crippen LogP contribution in [0.5, 0.6) is 0 Å². The van der Waals surface area contributed by atoms with Crippen LogP contribution in [-0.4, -0.2) is 6.54 Å². The van der Waals surface area contributed by atoms with E-state index in [0.717, 1.165) is 18.4 Å². The smallest absolute Gasteiger partial charge is 0.0443 e. The minimum Gasteiger partial charge on any atom is -0.309 e. The fourth-order valence-electron chi connectivity index (χ4n) is 3.12. The van der Waals surface area contributed by atoms with Gasteiger partial charge in [-0.1, -0.05) is 26.7 Å². The number of hydrogen-bond donors (Lipinski definition) is 1. The molecular formula is C15H25NS. The Balaban J connectivity index is 2.10. The third-order valence-electron chi connectivity index (χ3n) is 3.94. The molecule has 0 amide bonds. The van der Waals surface area contributed by atoms with E-state index in [1.807, 2.05) is 11.3 Å². The molecule has 1 fully saturated rings. The average Bonchev–Trinajstić information content (AvgIpc) is 2.72. The predicted octanol–water partition coefficient (Wildman–Crippen LogP) is 4.53. The summed E-state index contributed by atoms with van der Waals surface area (Å²) in [5.74, 6) is 1.76. The van der Waals surface area contributed by atoms with Crippen molar-refractivity contribution in [1.82, 2.24) is 5.32 Å².